The van der Waals surface area contributed by atoms with Crippen molar-refractivity contribution in [1.29, 1.82) is 0 Å². The fraction of sp³-hybridized carbons (Fsp3) is 0.579. The number of aromatic nitrogens is 4. The smallest absolute Gasteiger partial charge is 0.147 e. The molecule has 0 aromatic carbocycles. The summed E-state index contributed by atoms with van der Waals surface area (Å²) in [7, 11) is 0. The molecule has 0 amide bonds. The van der Waals surface area contributed by atoms with Crippen LogP contribution in [0.25, 0.3) is 0 Å². The molecule has 2 atom stereocenters. The maximum atomic E-state index is 4.53. The van der Waals surface area contributed by atoms with E-state index < -0.39 is 0 Å². The minimum Gasteiger partial charge on any atom is -0.356 e. The van der Waals surface area contributed by atoms with Gasteiger partial charge in [0.2, 0.25) is 0 Å². The quantitative estimate of drug-likeness (QED) is 0.838. The summed E-state index contributed by atoms with van der Waals surface area (Å²) in [5, 5.41) is 0. The number of hydrogen-bond acceptors (Lipinski definition) is 6. The number of hydrogen-bond donors (Lipinski definition) is 0. The molecule has 0 aliphatic carbocycles. The summed E-state index contributed by atoms with van der Waals surface area (Å²) in [6.07, 6.45) is 5.46. The molecule has 0 N–H and O–H groups in total. The highest BCUT2D eigenvalue weighted by Crippen LogP contribution is 2.35. The monoisotopic (exact) mass is 338 g/mol. The van der Waals surface area contributed by atoms with Crippen LogP contribution in [-0.4, -0.2) is 46.1 Å². The number of nitrogens with zero attached hydrogens (tertiary/aromatic N) is 6. The van der Waals surface area contributed by atoms with Gasteiger partial charge in [-0.05, 0) is 6.92 Å². The van der Waals surface area contributed by atoms with Crippen LogP contribution in [0.2, 0.25) is 0 Å². The Morgan fingerprint density at radius 3 is 2.04 bits per heavy atom. The molecular formula is C19H26N6. The molecule has 2 fully saturated rings. The molecule has 4 rings (SSSR count). The Morgan fingerprint density at radius 2 is 1.48 bits per heavy atom. The number of rotatable bonds is 2. The van der Waals surface area contributed by atoms with Gasteiger partial charge in [0.05, 0.1) is 23.8 Å². The number of anilines is 2. The van der Waals surface area contributed by atoms with Crippen LogP contribution in [0.5, 0.6) is 0 Å². The Hall–Kier alpha value is -2.24. The number of aryl methyl sites for hydroxylation is 1. The van der Waals surface area contributed by atoms with E-state index in [-0.39, 0.29) is 5.41 Å². The van der Waals surface area contributed by atoms with Crippen molar-refractivity contribution < 1.29 is 0 Å². The summed E-state index contributed by atoms with van der Waals surface area (Å²) in [6.45, 7) is 12.8. The Labute approximate surface area is 149 Å². The maximum absolute atomic E-state index is 4.53. The van der Waals surface area contributed by atoms with Gasteiger partial charge >= 0.3 is 0 Å². The average molecular weight is 338 g/mol. The second kappa shape index (κ2) is 5.93. The predicted octanol–water partition coefficient (Wildman–Crippen LogP) is 2.45. The van der Waals surface area contributed by atoms with E-state index in [9.17, 15) is 0 Å². The second-order valence-corrected chi connectivity index (χ2v) is 8.36. The third kappa shape index (κ3) is 3.17. The van der Waals surface area contributed by atoms with Crippen molar-refractivity contribution in [2.75, 3.05) is 36.0 Å². The Kier molecular flexibility index (Phi) is 3.85. The summed E-state index contributed by atoms with van der Waals surface area (Å²) in [4.78, 5) is 22.7. The first-order valence-corrected chi connectivity index (χ1v) is 9.01. The van der Waals surface area contributed by atoms with Crippen LogP contribution in [0.15, 0.2) is 24.8 Å². The average Bonchev–Trinajstić information content (AvgIpc) is 3.14. The molecule has 0 spiro atoms. The number of fused-ring (bicyclic) bond motifs is 1. The van der Waals surface area contributed by atoms with E-state index in [0.29, 0.717) is 11.8 Å². The lowest BCUT2D eigenvalue weighted by Crippen LogP contribution is -2.30. The predicted molar refractivity (Wildman–Crippen MR) is 98.9 cm³/mol. The zero-order chi connectivity index (χ0) is 17.6. The first-order chi connectivity index (χ1) is 11.9. The highest BCUT2D eigenvalue weighted by atomic mass is 15.3. The molecule has 2 aromatic heterocycles. The van der Waals surface area contributed by atoms with E-state index in [2.05, 4.69) is 56.6 Å². The zero-order valence-electron chi connectivity index (χ0n) is 15.5. The summed E-state index contributed by atoms with van der Waals surface area (Å²) in [5.74, 6) is 3.40. The van der Waals surface area contributed by atoms with Gasteiger partial charge in [0, 0.05) is 49.5 Å². The van der Waals surface area contributed by atoms with Crippen LogP contribution in [0.4, 0.5) is 11.6 Å². The van der Waals surface area contributed by atoms with Gasteiger partial charge in [-0.1, -0.05) is 20.8 Å². The Bertz CT molecular complexity index is 737. The van der Waals surface area contributed by atoms with Crippen LogP contribution in [0.3, 0.4) is 0 Å². The van der Waals surface area contributed by atoms with Crippen molar-refractivity contribution >= 4 is 11.6 Å². The van der Waals surface area contributed by atoms with E-state index in [4.69, 9.17) is 0 Å². The van der Waals surface area contributed by atoms with Crippen LogP contribution in [-0.2, 0) is 5.41 Å². The summed E-state index contributed by atoms with van der Waals surface area (Å²) < 4.78 is 0. The normalized spacial score (nSPS) is 23.2. The minimum atomic E-state index is 0.0498. The molecule has 6 nitrogen and oxygen atoms in total. The topological polar surface area (TPSA) is 58.0 Å². The van der Waals surface area contributed by atoms with Crippen molar-refractivity contribution in [3.05, 3.63) is 36.2 Å². The van der Waals surface area contributed by atoms with E-state index in [1.165, 1.54) is 0 Å². The molecule has 2 saturated heterocycles. The molecule has 132 valence electrons. The van der Waals surface area contributed by atoms with Crippen molar-refractivity contribution in [2.24, 2.45) is 11.8 Å². The lowest BCUT2D eigenvalue weighted by molar-refractivity contribution is 0.533. The summed E-state index contributed by atoms with van der Waals surface area (Å²) in [6, 6.07) is 2.16. The van der Waals surface area contributed by atoms with Gasteiger partial charge in [0.1, 0.15) is 18.0 Å². The Morgan fingerprint density at radius 1 is 0.840 bits per heavy atom. The molecule has 6 heteroatoms. The standard InChI is InChI=1S/C19H26N6/c1-13-6-21-18(7-20-13)25-10-14-8-24(9-15(14)11-25)17-5-16(19(2,3)4)22-12-23-17/h5-7,12,14-15H,8-11H2,1-4H3. The Balaban J connectivity index is 1.45. The molecule has 0 saturated carbocycles. The molecule has 2 aromatic rings. The van der Waals surface area contributed by atoms with Crippen LogP contribution < -0.4 is 9.80 Å². The third-order valence-corrected chi connectivity index (χ3v) is 5.32. The molecule has 0 radical (unpaired) electrons. The van der Waals surface area contributed by atoms with E-state index >= 15 is 0 Å². The highest BCUT2D eigenvalue weighted by molar-refractivity contribution is 5.45. The molecule has 2 aliphatic rings. The van der Waals surface area contributed by atoms with Crippen molar-refractivity contribution in [2.45, 2.75) is 33.1 Å². The van der Waals surface area contributed by atoms with Gasteiger partial charge < -0.3 is 9.80 Å². The molecule has 0 bridgehead atoms. The van der Waals surface area contributed by atoms with Crippen molar-refractivity contribution in [3.8, 4) is 0 Å². The fourth-order valence-corrected chi connectivity index (χ4v) is 3.85. The van der Waals surface area contributed by atoms with E-state index in [1.807, 2.05) is 19.3 Å². The SMILES string of the molecule is Cc1cnc(N2CC3CN(c4cc(C(C)(C)C)ncn4)CC3C2)cn1. The zero-order valence-corrected chi connectivity index (χ0v) is 15.5. The minimum absolute atomic E-state index is 0.0498. The van der Waals surface area contributed by atoms with E-state index in [1.54, 1.807) is 6.33 Å². The van der Waals surface area contributed by atoms with Crippen LogP contribution in [0, 0.1) is 18.8 Å². The first kappa shape index (κ1) is 16.2. The van der Waals surface area contributed by atoms with Crippen molar-refractivity contribution in [3.63, 3.8) is 0 Å². The van der Waals surface area contributed by atoms with Gasteiger partial charge in [-0.3, -0.25) is 4.98 Å². The second-order valence-electron chi connectivity index (χ2n) is 8.36. The fourth-order valence-electron chi connectivity index (χ4n) is 3.85. The summed E-state index contributed by atoms with van der Waals surface area (Å²) in [5.41, 5.74) is 2.12. The van der Waals surface area contributed by atoms with Crippen LogP contribution >= 0.6 is 0 Å². The highest BCUT2D eigenvalue weighted by Gasteiger charge is 2.41. The van der Waals surface area contributed by atoms with E-state index in [0.717, 1.165) is 49.2 Å². The largest absolute Gasteiger partial charge is 0.356 e. The molecule has 2 aliphatic heterocycles. The molecule has 2 unspecified atom stereocenters. The lowest BCUT2D eigenvalue weighted by atomic mass is 9.92. The van der Waals surface area contributed by atoms with Gasteiger partial charge in [-0.25, -0.2) is 15.0 Å². The third-order valence-electron chi connectivity index (χ3n) is 5.32. The van der Waals surface area contributed by atoms with Crippen molar-refractivity contribution in [1.82, 2.24) is 19.9 Å². The van der Waals surface area contributed by atoms with Crippen LogP contribution in [0.1, 0.15) is 32.2 Å². The van der Waals surface area contributed by atoms with Gasteiger partial charge in [-0.15, -0.1) is 0 Å². The maximum Gasteiger partial charge on any atom is 0.147 e. The molecular weight excluding hydrogens is 312 g/mol. The molecule has 4 heterocycles. The van der Waals surface area contributed by atoms with Gasteiger partial charge in [-0.2, -0.15) is 0 Å². The van der Waals surface area contributed by atoms with Gasteiger partial charge in [0.25, 0.3) is 0 Å². The first-order valence-electron chi connectivity index (χ1n) is 9.01. The summed E-state index contributed by atoms with van der Waals surface area (Å²) >= 11 is 0. The molecule has 25 heavy (non-hydrogen) atoms. The van der Waals surface area contributed by atoms with Gasteiger partial charge in [0.15, 0.2) is 0 Å². The lowest BCUT2D eigenvalue weighted by Gasteiger charge is -2.24.